The molecule has 6 heteroatoms. The number of benzene rings is 1. The Morgan fingerprint density at radius 2 is 2.06 bits per heavy atom. The van der Waals surface area contributed by atoms with E-state index >= 15 is 0 Å². The lowest BCUT2D eigenvalue weighted by molar-refractivity contribution is 0.102. The molecule has 18 heavy (non-hydrogen) atoms. The van der Waals surface area contributed by atoms with Crippen LogP contribution < -0.4 is 5.32 Å². The van der Waals surface area contributed by atoms with E-state index < -0.39 is 0 Å². The van der Waals surface area contributed by atoms with E-state index in [0.717, 1.165) is 4.47 Å². The molecule has 0 aliphatic heterocycles. The minimum Gasteiger partial charge on any atom is -0.322 e. The first-order valence-electron chi connectivity index (χ1n) is 4.95. The van der Waals surface area contributed by atoms with E-state index in [1.165, 1.54) is 0 Å². The van der Waals surface area contributed by atoms with Crippen molar-refractivity contribution in [3.8, 4) is 0 Å². The SMILES string of the molecule is O=C(Nc1ccc(Cl)c(Br)c1)c1cccnc1Br. The number of anilines is 1. The number of nitrogens with zero attached hydrogens (tertiary/aromatic N) is 1. The number of nitrogens with one attached hydrogen (secondary N) is 1. The van der Waals surface area contributed by atoms with Gasteiger partial charge in [-0.3, -0.25) is 4.79 Å². The van der Waals surface area contributed by atoms with Crippen LogP contribution in [0.5, 0.6) is 0 Å². The molecule has 0 atom stereocenters. The average molecular weight is 390 g/mol. The molecular formula is C12H7Br2ClN2O. The van der Waals surface area contributed by atoms with Gasteiger partial charge < -0.3 is 5.32 Å². The highest BCUT2D eigenvalue weighted by molar-refractivity contribution is 9.10. The summed E-state index contributed by atoms with van der Waals surface area (Å²) in [7, 11) is 0. The lowest BCUT2D eigenvalue weighted by Gasteiger charge is -2.07. The molecule has 0 unspecified atom stereocenters. The molecule has 0 bridgehead atoms. The summed E-state index contributed by atoms with van der Waals surface area (Å²) in [5, 5.41) is 3.36. The summed E-state index contributed by atoms with van der Waals surface area (Å²) in [5.41, 5.74) is 1.13. The van der Waals surface area contributed by atoms with Gasteiger partial charge in [0.25, 0.3) is 5.91 Å². The van der Waals surface area contributed by atoms with Gasteiger partial charge in [0.15, 0.2) is 0 Å². The van der Waals surface area contributed by atoms with Gasteiger partial charge in [-0.05, 0) is 62.2 Å². The van der Waals surface area contributed by atoms with Gasteiger partial charge in [0, 0.05) is 16.4 Å². The van der Waals surface area contributed by atoms with Crippen molar-refractivity contribution in [1.82, 2.24) is 4.98 Å². The van der Waals surface area contributed by atoms with Crippen LogP contribution in [0.4, 0.5) is 5.69 Å². The fraction of sp³-hybridized carbons (Fsp3) is 0. The molecule has 0 fully saturated rings. The molecule has 0 saturated heterocycles. The Kier molecular flexibility index (Phi) is 4.37. The number of hydrogen-bond acceptors (Lipinski definition) is 2. The van der Waals surface area contributed by atoms with E-state index in [2.05, 4.69) is 42.2 Å². The zero-order chi connectivity index (χ0) is 13.1. The second-order valence-corrected chi connectivity index (χ2v) is 5.44. The maximum atomic E-state index is 12.0. The molecule has 1 heterocycles. The van der Waals surface area contributed by atoms with Crippen LogP contribution in [-0.4, -0.2) is 10.9 Å². The van der Waals surface area contributed by atoms with Gasteiger partial charge in [-0.15, -0.1) is 0 Å². The molecule has 2 rings (SSSR count). The molecule has 0 aliphatic rings. The smallest absolute Gasteiger partial charge is 0.258 e. The van der Waals surface area contributed by atoms with Crippen LogP contribution in [0.1, 0.15) is 10.4 Å². The van der Waals surface area contributed by atoms with Crippen LogP contribution in [0.25, 0.3) is 0 Å². The highest BCUT2D eigenvalue weighted by Crippen LogP contribution is 2.26. The molecule has 1 N–H and O–H groups in total. The zero-order valence-corrected chi connectivity index (χ0v) is 12.9. The number of rotatable bonds is 2. The van der Waals surface area contributed by atoms with Gasteiger partial charge in [0.2, 0.25) is 0 Å². The number of carbonyl (C=O) groups is 1. The van der Waals surface area contributed by atoms with E-state index in [4.69, 9.17) is 11.6 Å². The molecule has 0 spiro atoms. The predicted molar refractivity (Wildman–Crippen MR) is 79.0 cm³/mol. The second-order valence-electron chi connectivity index (χ2n) is 3.42. The van der Waals surface area contributed by atoms with Gasteiger partial charge in [0.1, 0.15) is 4.60 Å². The summed E-state index contributed by atoms with van der Waals surface area (Å²) in [5.74, 6) is -0.232. The van der Waals surface area contributed by atoms with Gasteiger partial charge in [0.05, 0.1) is 10.6 Å². The first-order chi connectivity index (χ1) is 8.58. The fourth-order valence-corrected chi connectivity index (χ4v) is 2.25. The fourth-order valence-electron chi connectivity index (χ4n) is 1.33. The molecule has 1 aromatic heterocycles. The largest absolute Gasteiger partial charge is 0.322 e. The Balaban J connectivity index is 2.22. The Hall–Kier alpha value is -0.910. The van der Waals surface area contributed by atoms with Gasteiger partial charge in [-0.25, -0.2) is 4.98 Å². The Labute approximate surface area is 126 Å². The summed E-state index contributed by atoms with van der Waals surface area (Å²) < 4.78 is 1.24. The van der Waals surface area contributed by atoms with E-state index in [1.54, 1.807) is 36.5 Å². The molecule has 1 amide bonds. The average Bonchev–Trinajstić information content (AvgIpc) is 2.34. The third-order valence-electron chi connectivity index (χ3n) is 2.18. The third kappa shape index (κ3) is 3.10. The maximum Gasteiger partial charge on any atom is 0.258 e. The molecule has 3 nitrogen and oxygen atoms in total. The normalized spacial score (nSPS) is 10.2. The van der Waals surface area contributed by atoms with Crippen molar-refractivity contribution in [3.05, 3.63) is 56.2 Å². The topological polar surface area (TPSA) is 42.0 Å². The van der Waals surface area contributed by atoms with E-state index in [0.29, 0.717) is 20.9 Å². The van der Waals surface area contributed by atoms with Crippen LogP contribution in [0.2, 0.25) is 5.02 Å². The van der Waals surface area contributed by atoms with Crippen molar-refractivity contribution in [2.24, 2.45) is 0 Å². The van der Waals surface area contributed by atoms with Crippen molar-refractivity contribution >= 4 is 55.1 Å². The first kappa shape index (κ1) is 13.5. The Morgan fingerprint density at radius 1 is 1.28 bits per heavy atom. The lowest BCUT2D eigenvalue weighted by atomic mass is 10.2. The number of amides is 1. The highest BCUT2D eigenvalue weighted by atomic mass is 79.9. The third-order valence-corrected chi connectivity index (χ3v) is 4.03. The van der Waals surface area contributed by atoms with Gasteiger partial charge >= 0.3 is 0 Å². The number of hydrogen-bond donors (Lipinski definition) is 1. The summed E-state index contributed by atoms with van der Waals surface area (Å²) in [6.45, 7) is 0. The minimum atomic E-state index is -0.232. The number of pyridine rings is 1. The monoisotopic (exact) mass is 388 g/mol. The molecular weight excluding hydrogens is 383 g/mol. The molecule has 0 saturated carbocycles. The number of carbonyl (C=O) groups excluding carboxylic acids is 1. The summed E-state index contributed by atoms with van der Waals surface area (Å²) in [4.78, 5) is 16.0. The molecule has 0 radical (unpaired) electrons. The van der Waals surface area contributed by atoms with Crippen molar-refractivity contribution in [2.45, 2.75) is 0 Å². The molecule has 2 aromatic rings. The van der Waals surface area contributed by atoms with E-state index in [1.807, 2.05) is 0 Å². The lowest BCUT2D eigenvalue weighted by Crippen LogP contribution is -2.12. The van der Waals surface area contributed by atoms with Gasteiger partial charge in [-0.2, -0.15) is 0 Å². The van der Waals surface area contributed by atoms with Crippen LogP contribution in [0.15, 0.2) is 45.6 Å². The van der Waals surface area contributed by atoms with Crippen molar-refractivity contribution in [1.29, 1.82) is 0 Å². The van der Waals surface area contributed by atoms with Crippen LogP contribution in [-0.2, 0) is 0 Å². The quantitative estimate of drug-likeness (QED) is 0.767. The molecule has 92 valence electrons. The Morgan fingerprint density at radius 3 is 2.72 bits per heavy atom. The van der Waals surface area contributed by atoms with E-state index in [-0.39, 0.29) is 5.91 Å². The Bertz CT molecular complexity index is 604. The predicted octanol–water partition coefficient (Wildman–Crippen LogP) is 4.51. The standard InChI is InChI=1S/C12H7Br2ClN2O/c13-9-6-7(3-4-10(9)15)17-12(18)8-2-1-5-16-11(8)14/h1-6H,(H,17,18). The van der Waals surface area contributed by atoms with Crippen LogP contribution in [0.3, 0.4) is 0 Å². The van der Waals surface area contributed by atoms with Crippen LogP contribution >= 0.6 is 43.5 Å². The minimum absolute atomic E-state index is 0.232. The molecule has 1 aromatic carbocycles. The van der Waals surface area contributed by atoms with Crippen molar-refractivity contribution < 1.29 is 4.79 Å². The number of halogens is 3. The van der Waals surface area contributed by atoms with Crippen LogP contribution in [0, 0.1) is 0 Å². The number of aromatic nitrogens is 1. The summed E-state index contributed by atoms with van der Waals surface area (Å²) in [6.07, 6.45) is 1.61. The van der Waals surface area contributed by atoms with Crippen molar-refractivity contribution in [2.75, 3.05) is 5.32 Å². The zero-order valence-electron chi connectivity index (χ0n) is 8.95. The molecule has 0 aliphatic carbocycles. The summed E-state index contributed by atoms with van der Waals surface area (Å²) in [6, 6.07) is 8.58. The summed E-state index contributed by atoms with van der Waals surface area (Å²) >= 11 is 12.4. The second kappa shape index (κ2) is 5.82. The maximum absolute atomic E-state index is 12.0. The van der Waals surface area contributed by atoms with E-state index in [9.17, 15) is 4.79 Å². The van der Waals surface area contributed by atoms with Crippen molar-refractivity contribution in [3.63, 3.8) is 0 Å². The first-order valence-corrected chi connectivity index (χ1v) is 6.91. The van der Waals surface area contributed by atoms with Gasteiger partial charge in [-0.1, -0.05) is 11.6 Å². The highest BCUT2D eigenvalue weighted by Gasteiger charge is 2.10.